The van der Waals surface area contributed by atoms with Crippen molar-refractivity contribution in [2.24, 2.45) is 11.8 Å². The van der Waals surface area contributed by atoms with Crippen molar-refractivity contribution in [2.75, 3.05) is 71.0 Å². The lowest BCUT2D eigenvalue weighted by atomic mass is 9.71. The van der Waals surface area contributed by atoms with Gasteiger partial charge in [-0.25, -0.2) is 0 Å². The molecule has 140 heavy (non-hydrogen) atoms. The minimum atomic E-state index is -0.331. The number of nitrogens with one attached hydrogen (secondary N) is 2. The third kappa shape index (κ3) is 27.7. The first-order chi connectivity index (χ1) is 66.0. The van der Waals surface area contributed by atoms with Gasteiger partial charge in [-0.2, -0.15) is 60.3 Å². The molecule has 0 aromatic carbocycles. The predicted molar refractivity (Wildman–Crippen MR) is 571 cm³/mol. The number of piperidine rings is 6. The van der Waals surface area contributed by atoms with Crippen molar-refractivity contribution in [2.45, 2.75) is 640 Å². The second-order valence-corrected chi connectivity index (χ2v) is 54.5. The largest absolute Gasteiger partial charge is 0.364 e. The van der Waals surface area contributed by atoms with Gasteiger partial charge >= 0.3 is 0 Å². The minimum Gasteiger partial charge on any atom is -0.364 e. The zero-order valence-electron chi connectivity index (χ0n) is 94.7. The third-order valence-electron chi connectivity index (χ3n) is 35.4. The second-order valence-electron chi connectivity index (χ2n) is 54.5. The van der Waals surface area contributed by atoms with Crippen molar-refractivity contribution in [3.05, 3.63) is 0 Å². The highest BCUT2D eigenvalue weighted by Gasteiger charge is 2.58. The van der Waals surface area contributed by atoms with E-state index < -0.39 is 0 Å². The molecule has 6 aliphatic carbocycles. The van der Waals surface area contributed by atoms with E-state index in [1.807, 2.05) is 14.2 Å². The Morgan fingerprint density at radius 2 is 0.443 bits per heavy atom. The Morgan fingerprint density at radius 3 is 0.636 bits per heavy atom. The molecule has 0 bridgehead atoms. The first kappa shape index (κ1) is 112. The number of aromatic nitrogens is 6. The normalized spacial score (nSPS) is 27.2. The molecule has 26 heteroatoms. The lowest BCUT2D eigenvalue weighted by molar-refractivity contribution is -0.314. The number of anilines is 6. The minimum absolute atomic E-state index is 0.0183. The van der Waals surface area contributed by atoms with Crippen LogP contribution in [0.15, 0.2) is 0 Å². The van der Waals surface area contributed by atoms with E-state index in [0.29, 0.717) is 49.1 Å². The van der Waals surface area contributed by atoms with Crippen LogP contribution in [-0.4, -0.2) is 240 Å². The smallest absolute Gasteiger partial charge is 0.234 e. The van der Waals surface area contributed by atoms with Crippen molar-refractivity contribution in [3.63, 3.8) is 0 Å². The van der Waals surface area contributed by atoms with Crippen molar-refractivity contribution >= 4 is 35.7 Å². The van der Waals surface area contributed by atoms with Crippen LogP contribution in [0.5, 0.6) is 0 Å². The molecule has 2 aromatic heterocycles. The summed E-state index contributed by atoms with van der Waals surface area (Å²) in [6.45, 7) is 65.1. The van der Waals surface area contributed by atoms with E-state index in [-0.39, 0.29) is 139 Å². The van der Waals surface area contributed by atoms with Crippen LogP contribution in [0.1, 0.15) is 501 Å². The Morgan fingerprint density at radius 1 is 0.257 bits per heavy atom. The Kier molecular flexibility index (Phi) is 37.4. The van der Waals surface area contributed by atoms with E-state index in [4.69, 9.17) is 68.4 Å². The fourth-order valence-electron chi connectivity index (χ4n) is 30.5. The van der Waals surface area contributed by atoms with E-state index >= 15 is 0 Å². The van der Waals surface area contributed by atoms with E-state index in [2.05, 4.69) is 241 Å². The number of hydrogen-bond donors (Lipinski definition) is 2. The van der Waals surface area contributed by atoms with Gasteiger partial charge in [-0.15, -0.1) is 0 Å². The molecule has 0 amide bonds. The van der Waals surface area contributed by atoms with Gasteiger partial charge in [-0.3, -0.25) is 29.0 Å². The summed E-state index contributed by atoms with van der Waals surface area (Å²) in [5.74, 6) is 4.73. The van der Waals surface area contributed by atoms with Crippen LogP contribution in [0.25, 0.3) is 0 Å². The zero-order chi connectivity index (χ0) is 101. The first-order valence-electron chi connectivity index (χ1n) is 58.0. The highest BCUT2D eigenvalue weighted by atomic mass is 16.7. The lowest BCUT2D eigenvalue weighted by Crippen LogP contribution is -2.65. The van der Waals surface area contributed by atoms with Crippen LogP contribution in [0.4, 0.5) is 35.7 Å². The van der Waals surface area contributed by atoms with Crippen LogP contribution in [0, 0.1) is 11.8 Å². The fourth-order valence-corrected chi connectivity index (χ4v) is 30.5. The van der Waals surface area contributed by atoms with E-state index in [0.717, 1.165) is 230 Å². The molecule has 2 unspecified atom stereocenters. The SMILES string of the molecule is CCCC(Nc1nc(N(CCCCCCN(c2nc(NC(CCC)C3CC(C)(C)N(OC4CCCCC4)C(C)(C)C3)nc(N(COC)C3CC(C)(C)N(OC4CCCCC4)C(C)(C)C3)n2)C2CC(C)(C)N(OC3CCCCC3)C(C)(C)C2)C2CC(C)(C)N(OC3CCCCC3)C(C)(C)C2)nc(N(COC)C2CC(C)(C)N(OC3CCCCC3)C(C)(C)C2)n1)C1CC(C)(C)N(OC2CCCCC2)C(C)(C)C1. The number of hydroxylamine groups is 12. The summed E-state index contributed by atoms with van der Waals surface area (Å²) in [4.78, 5) is 89.4. The maximum absolute atomic E-state index is 7.38. The Bertz CT molecular complexity index is 3760. The lowest BCUT2D eigenvalue weighted by Gasteiger charge is -2.57. The van der Waals surface area contributed by atoms with Crippen LogP contribution in [0.3, 0.4) is 0 Å². The zero-order valence-corrected chi connectivity index (χ0v) is 94.7. The van der Waals surface area contributed by atoms with Gasteiger partial charge in [0, 0.05) is 130 Å². The number of methoxy groups -OCH3 is 2. The number of unbranched alkanes of at least 4 members (excludes halogenated alkanes) is 3. The number of nitrogens with zero attached hydrogens (tertiary/aromatic N) is 16. The summed E-state index contributed by atoms with van der Waals surface area (Å²) < 4.78 is 13.0. The van der Waals surface area contributed by atoms with Gasteiger partial charge in [0.1, 0.15) is 13.5 Å². The van der Waals surface area contributed by atoms with Gasteiger partial charge in [0.25, 0.3) is 0 Å². The van der Waals surface area contributed by atoms with Gasteiger partial charge in [0.05, 0.1) is 36.6 Å². The average molecular weight is 1960 g/mol. The number of hydrogen-bond acceptors (Lipinski definition) is 26. The third-order valence-corrected chi connectivity index (χ3v) is 35.4. The highest BCUT2D eigenvalue weighted by molar-refractivity contribution is 5.50. The van der Waals surface area contributed by atoms with E-state index in [1.54, 1.807) is 0 Å². The average Bonchev–Trinajstić information content (AvgIpc) is 0.760. The number of ether oxygens (including phenoxy) is 2. The molecular formula is C114H208N18O8. The molecule has 14 rings (SSSR count). The molecule has 6 aliphatic heterocycles. The first-order valence-corrected chi connectivity index (χ1v) is 58.0. The summed E-state index contributed by atoms with van der Waals surface area (Å²) in [7, 11) is 3.70. The highest BCUT2D eigenvalue weighted by Crippen LogP contribution is 2.53. The van der Waals surface area contributed by atoms with Crippen LogP contribution in [-0.2, 0) is 38.5 Å². The Balaban J connectivity index is 0.836. The molecule has 802 valence electrons. The molecule has 12 fully saturated rings. The van der Waals surface area contributed by atoms with Crippen LogP contribution < -0.4 is 30.2 Å². The summed E-state index contributed by atoms with van der Waals surface area (Å²) in [5, 5.41) is 23.1. The van der Waals surface area contributed by atoms with Gasteiger partial charge in [0.15, 0.2) is 0 Å². The van der Waals surface area contributed by atoms with Crippen LogP contribution in [0.2, 0.25) is 0 Å². The predicted octanol–water partition coefficient (Wildman–Crippen LogP) is 26.1. The monoisotopic (exact) mass is 1960 g/mol. The quantitative estimate of drug-likeness (QED) is 0.0469. The molecule has 2 aromatic rings. The molecule has 8 heterocycles. The van der Waals surface area contributed by atoms with E-state index in [9.17, 15) is 0 Å². The fraction of sp³-hybridized carbons (Fsp3) is 0.947. The molecule has 0 spiro atoms. The molecule has 12 aliphatic rings. The van der Waals surface area contributed by atoms with Crippen LogP contribution >= 0.6 is 0 Å². The molecule has 26 nitrogen and oxygen atoms in total. The summed E-state index contributed by atoms with van der Waals surface area (Å²) in [6, 6.07) is 0.319. The Hall–Kier alpha value is -3.74. The summed E-state index contributed by atoms with van der Waals surface area (Å²) in [5.41, 5.74) is -3.45. The molecule has 6 saturated heterocycles. The molecule has 0 radical (unpaired) electrons. The summed E-state index contributed by atoms with van der Waals surface area (Å²) in [6.07, 6.45) is 55.8. The number of rotatable bonds is 41. The summed E-state index contributed by atoms with van der Waals surface area (Å²) >= 11 is 0. The molecule has 2 atom stereocenters. The maximum atomic E-state index is 7.38. The van der Waals surface area contributed by atoms with Gasteiger partial charge in [-0.1, -0.05) is 155 Å². The maximum Gasteiger partial charge on any atom is 0.234 e. The van der Waals surface area contributed by atoms with Crippen molar-refractivity contribution in [1.82, 2.24) is 60.3 Å². The van der Waals surface area contributed by atoms with Crippen molar-refractivity contribution < 1.29 is 38.5 Å². The van der Waals surface area contributed by atoms with Gasteiger partial charge in [-0.05, 0) is 358 Å². The molecule has 2 N–H and O–H groups in total. The van der Waals surface area contributed by atoms with Crippen molar-refractivity contribution in [1.29, 1.82) is 0 Å². The topological polar surface area (TPSA) is 208 Å². The van der Waals surface area contributed by atoms with E-state index in [1.165, 1.54) is 116 Å². The van der Waals surface area contributed by atoms with Crippen molar-refractivity contribution in [3.8, 4) is 0 Å². The Labute approximate surface area is 852 Å². The second kappa shape index (κ2) is 46.8. The van der Waals surface area contributed by atoms with Gasteiger partial charge in [0.2, 0.25) is 35.7 Å². The standard InChI is InChI=1S/C114H208N18O8/c1-29-53-95(83-69-103(3,4)127(104(5,6)70-83)135-89-55-39-33-40-56-89)115-97-117-99(121-101(119-97)125(81-133-27)87-77-111(19,20)131(112(21,22)78-87)139-93-63-47-37-48-64-93)123(85-73-107(11,12)129(108(13,14)74-85)137-91-59-43-35-44-60-91)67-51-31-32-52-68-124(86-75-109(15,16)130(110(17,18)76-86)138-92-61-45-36-46-62-92)100-118-98(116-96(54-30-2)84-71-105(7,8)128(106(9,10)72-84)136-90-57-41-34-42-58-90)120-102(122-100)126(82-134-28)88-79-113(23,24)132(114(25,26)80-88)140-94-65-49-38-50-66-94/h83-96H,29-82H2,1-28H3,(H,115,117,119,121)(H,116,118,120,122). The molecular weight excluding hydrogens is 1750 g/mol. The van der Waals surface area contributed by atoms with Gasteiger partial charge < -0.3 is 39.7 Å². The molecule has 6 saturated carbocycles.